The number of nitrogens with one attached hydrogen (secondary N) is 1. The quantitative estimate of drug-likeness (QED) is 0.811. The van der Waals surface area contributed by atoms with Gasteiger partial charge in [0.15, 0.2) is 0 Å². The lowest BCUT2D eigenvalue weighted by atomic mass is 9.72. The third kappa shape index (κ3) is 4.37. The second-order valence-corrected chi connectivity index (χ2v) is 7.96. The number of carbonyl (C=O) groups is 2. The van der Waals surface area contributed by atoms with E-state index >= 15 is 0 Å². The number of carbonyl (C=O) groups excluding carboxylic acids is 1. The molecule has 26 heavy (non-hydrogen) atoms. The molecule has 0 aliphatic heterocycles. The Bertz CT molecular complexity index is 673. The molecule has 1 amide bonds. The highest BCUT2D eigenvalue weighted by Crippen LogP contribution is 2.36. The third-order valence-corrected chi connectivity index (χ3v) is 5.75. The summed E-state index contributed by atoms with van der Waals surface area (Å²) in [4.78, 5) is 24.6. The molecular formula is C21H31NO4. The van der Waals surface area contributed by atoms with E-state index < -0.39 is 11.5 Å². The Morgan fingerprint density at radius 2 is 1.88 bits per heavy atom. The fourth-order valence-corrected chi connectivity index (χ4v) is 4.03. The average Bonchev–Trinajstić information content (AvgIpc) is 2.57. The number of hydrogen-bond acceptors (Lipinski definition) is 3. The van der Waals surface area contributed by atoms with Gasteiger partial charge in [0.25, 0.3) is 0 Å². The van der Waals surface area contributed by atoms with E-state index in [0.29, 0.717) is 30.4 Å². The van der Waals surface area contributed by atoms with Gasteiger partial charge in [0.1, 0.15) is 11.3 Å². The highest BCUT2D eigenvalue weighted by Gasteiger charge is 2.43. The van der Waals surface area contributed by atoms with Crippen LogP contribution in [0.5, 0.6) is 5.75 Å². The first-order valence-electron chi connectivity index (χ1n) is 9.37. The Kier molecular flexibility index (Phi) is 6.32. The zero-order valence-corrected chi connectivity index (χ0v) is 16.5. The van der Waals surface area contributed by atoms with Gasteiger partial charge in [0.2, 0.25) is 5.91 Å². The summed E-state index contributed by atoms with van der Waals surface area (Å²) >= 11 is 0. The summed E-state index contributed by atoms with van der Waals surface area (Å²) in [6.07, 6.45) is 2.76. The smallest absolute Gasteiger partial charge is 0.329 e. The summed E-state index contributed by atoms with van der Waals surface area (Å²) in [7, 11) is 1.58. The van der Waals surface area contributed by atoms with Gasteiger partial charge < -0.3 is 15.2 Å². The normalized spacial score (nSPS) is 22.9. The van der Waals surface area contributed by atoms with Gasteiger partial charge in [-0.25, -0.2) is 4.79 Å². The fraction of sp³-hybridized carbons (Fsp3) is 0.619. The van der Waals surface area contributed by atoms with Crippen molar-refractivity contribution in [1.82, 2.24) is 5.32 Å². The van der Waals surface area contributed by atoms with Crippen molar-refractivity contribution in [2.24, 2.45) is 11.8 Å². The van der Waals surface area contributed by atoms with E-state index in [2.05, 4.69) is 19.2 Å². The molecule has 1 fully saturated rings. The Balaban J connectivity index is 2.14. The molecule has 0 atom stereocenters. The maximum Gasteiger partial charge on any atom is 0.329 e. The molecule has 1 aromatic carbocycles. The number of benzene rings is 1. The van der Waals surface area contributed by atoms with Crippen molar-refractivity contribution >= 4 is 11.9 Å². The minimum atomic E-state index is -1.14. The van der Waals surface area contributed by atoms with Crippen LogP contribution in [0.3, 0.4) is 0 Å². The van der Waals surface area contributed by atoms with E-state index in [4.69, 9.17) is 4.74 Å². The molecule has 0 bridgehead atoms. The molecule has 5 nitrogen and oxygen atoms in total. The van der Waals surface area contributed by atoms with Crippen molar-refractivity contribution in [2.75, 3.05) is 7.11 Å². The number of carboxylic acids is 1. The highest BCUT2D eigenvalue weighted by atomic mass is 16.5. The number of hydrogen-bond donors (Lipinski definition) is 2. The van der Waals surface area contributed by atoms with Gasteiger partial charge in [-0.3, -0.25) is 4.79 Å². The molecule has 0 radical (unpaired) electrons. The Hall–Kier alpha value is -2.04. The van der Waals surface area contributed by atoms with Crippen molar-refractivity contribution in [3.8, 4) is 5.75 Å². The minimum Gasteiger partial charge on any atom is -0.496 e. The lowest BCUT2D eigenvalue weighted by Crippen LogP contribution is -2.57. The SMILES string of the molecule is COc1cc(C)cc(C)c1CC(=O)NC1(C(=O)O)CCC(C(C)C)CC1. The first-order chi connectivity index (χ1) is 12.2. The molecule has 144 valence electrons. The maximum atomic E-state index is 12.7. The number of rotatable bonds is 6. The second kappa shape index (κ2) is 8.11. The number of aliphatic carboxylic acids is 1. The Morgan fingerprint density at radius 3 is 2.38 bits per heavy atom. The van der Waals surface area contributed by atoms with E-state index in [1.54, 1.807) is 7.11 Å². The molecule has 0 aromatic heterocycles. The number of methoxy groups -OCH3 is 1. The summed E-state index contributed by atoms with van der Waals surface area (Å²) < 4.78 is 5.41. The first kappa shape index (κ1) is 20.3. The Labute approximate surface area is 156 Å². The van der Waals surface area contributed by atoms with E-state index in [1.807, 2.05) is 26.0 Å². The standard InChI is InChI=1S/C21H31NO4/c1-13(2)16-6-8-21(9-7-16,20(24)25)22-19(23)12-17-15(4)10-14(3)11-18(17)26-5/h10-11,13,16H,6-9,12H2,1-5H3,(H,22,23)(H,24,25). The second-order valence-electron chi connectivity index (χ2n) is 7.96. The van der Waals surface area contributed by atoms with Gasteiger partial charge in [0, 0.05) is 5.56 Å². The van der Waals surface area contributed by atoms with Gasteiger partial charge in [-0.05, 0) is 68.6 Å². The van der Waals surface area contributed by atoms with Crippen LogP contribution in [0.2, 0.25) is 0 Å². The Morgan fingerprint density at radius 1 is 1.27 bits per heavy atom. The molecule has 0 saturated heterocycles. The first-order valence-corrected chi connectivity index (χ1v) is 9.37. The summed E-state index contributed by atoms with van der Waals surface area (Å²) in [5.74, 6) is 0.544. The molecule has 2 rings (SSSR count). The number of carboxylic acid groups (broad SMARTS) is 1. The number of aryl methyl sites for hydroxylation is 2. The lowest BCUT2D eigenvalue weighted by molar-refractivity contribution is -0.149. The number of ether oxygens (including phenoxy) is 1. The summed E-state index contributed by atoms with van der Waals surface area (Å²) in [6.45, 7) is 8.26. The molecule has 5 heteroatoms. The molecule has 0 unspecified atom stereocenters. The topological polar surface area (TPSA) is 75.6 Å². The predicted octanol–water partition coefficient (Wildman–Crippen LogP) is 3.64. The van der Waals surface area contributed by atoms with Gasteiger partial charge in [-0.15, -0.1) is 0 Å². The zero-order valence-electron chi connectivity index (χ0n) is 16.5. The molecule has 0 spiro atoms. The monoisotopic (exact) mass is 361 g/mol. The molecule has 1 aliphatic rings. The molecule has 0 heterocycles. The largest absolute Gasteiger partial charge is 0.496 e. The molecule has 1 saturated carbocycles. The molecule has 1 aromatic rings. The van der Waals surface area contributed by atoms with Crippen LogP contribution in [-0.2, 0) is 16.0 Å². The van der Waals surface area contributed by atoms with Gasteiger partial charge in [-0.2, -0.15) is 0 Å². The van der Waals surface area contributed by atoms with Gasteiger partial charge >= 0.3 is 5.97 Å². The van der Waals surface area contributed by atoms with Crippen molar-refractivity contribution in [2.45, 2.75) is 65.3 Å². The van der Waals surface area contributed by atoms with Crippen LogP contribution in [-0.4, -0.2) is 29.6 Å². The van der Waals surface area contributed by atoms with Crippen LogP contribution in [0.4, 0.5) is 0 Å². The van der Waals surface area contributed by atoms with Crippen LogP contribution in [0, 0.1) is 25.7 Å². The lowest BCUT2D eigenvalue weighted by Gasteiger charge is -2.38. The third-order valence-electron chi connectivity index (χ3n) is 5.75. The van der Waals surface area contributed by atoms with E-state index in [9.17, 15) is 14.7 Å². The van der Waals surface area contributed by atoms with Crippen LogP contribution >= 0.6 is 0 Å². The van der Waals surface area contributed by atoms with E-state index in [0.717, 1.165) is 29.5 Å². The fourth-order valence-electron chi connectivity index (χ4n) is 4.03. The van der Waals surface area contributed by atoms with Crippen molar-refractivity contribution in [3.05, 3.63) is 28.8 Å². The zero-order chi connectivity index (χ0) is 19.5. The highest BCUT2D eigenvalue weighted by molar-refractivity contribution is 5.88. The average molecular weight is 361 g/mol. The molecule has 2 N–H and O–H groups in total. The summed E-state index contributed by atoms with van der Waals surface area (Å²) in [5, 5.41) is 12.6. The van der Waals surface area contributed by atoms with Crippen LogP contribution in [0.25, 0.3) is 0 Å². The van der Waals surface area contributed by atoms with Crippen molar-refractivity contribution < 1.29 is 19.4 Å². The maximum absolute atomic E-state index is 12.7. The molecular weight excluding hydrogens is 330 g/mol. The summed E-state index contributed by atoms with van der Waals surface area (Å²) in [6, 6.07) is 3.91. The van der Waals surface area contributed by atoms with Gasteiger partial charge in [0.05, 0.1) is 13.5 Å². The summed E-state index contributed by atoms with van der Waals surface area (Å²) in [5.41, 5.74) is 1.71. The van der Waals surface area contributed by atoms with Crippen molar-refractivity contribution in [3.63, 3.8) is 0 Å². The van der Waals surface area contributed by atoms with Gasteiger partial charge in [-0.1, -0.05) is 19.9 Å². The number of amides is 1. The predicted molar refractivity (Wildman–Crippen MR) is 101 cm³/mol. The van der Waals surface area contributed by atoms with Crippen molar-refractivity contribution in [1.29, 1.82) is 0 Å². The molecule has 1 aliphatic carbocycles. The minimum absolute atomic E-state index is 0.123. The van der Waals surface area contributed by atoms with Crippen LogP contribution < -0.4 is 10.1 Å². The van der Waals surface area contributed by atoms with E-state index in [-0.39, 0.29) is 12.3 Å². The van der Waals surface area contributed by atoms with E-state index in [1.165, 1.54) is 0 Å². The van der Waals surface area contributed by atoms with Crippen LogP contribution in [0.1, 0.15) is 56.2 Å². The van der Waals surface area contributed by atoms with Crippen LogP contribution in [0.15, 0.2) is 12.1 Å².